The van der Waals surface area contributed by atoms with Gasteiger partial charge in [-0.15, -0.1) is 0 Å². The van der Waals surface area contributed by atoms with Crippen LogP contribution in [-0.2, 0) is 0 Å². The third-order valence-electron chi connectivity index (χ3n) is 1.82. The highest BCUT2D eigenvalue weighted by molar-refractivity contribution is 5.72. The SMILES string of the molecule is Cc1ccn2c(C=O)ncc2c1. The average Bonchev–Trinajstić information content (AvgIpc) is 2.46. The first kappa shape index (κ1) is 7.03. The summed E-state index contributed by atoms with van der Waals surface area (Å²) in [5.74, 6) is 0.449. The van der Waals surface area contributed by atoms with Crippen LogP contribution in [0.25, 0.3) is 5.52 Å². The fourth-order valence-electron chi connectivity index (χ4n) is 1.22. The predicted molar refractivity (Wildman–Crippen MR) is 45.3 cm³/mol. The molecule has 0 atom stereocenters. The normalized spacial score (nSPS) is 10.4. The van der Waals surface area contributed by atoms with Crippen molar-refractivity contribution in [3.63, 3.8) is 0 Å². The summed E-state index contributed by atoms with van der Waals surface area (Å²) in [7, 11) is 0. The third kappa shape index (κ3) is 0.906. The van der Waals surface area contributed by atoms with Crippen molar-refractivity contribution in [2.75, 3.05) is 0 Å². The van der Waals surface area contributed by atoms with Gasteiger partial charge in [0.05, 0.1) is 11.7 Å². The van der Waals surface area contributed by atoms with Crippen LogP contribution in [-0.4, -0.2) is 15.7 Å². The predicted octanol–water partition coefficient (Wildman–Crippen LogP) is 1.46. The van der Waals surface area contributed by atoms with E-state index in [2.05, 4.69) is 4.98 Å². The van der Waals surface area contributed by atoms with Crippen molar-refractivity contribution in [1.29, 1.82) is 0 Å². The van der Waals surface area contributed by atoms with Crippen molar-refractivity contribution in [3.8, 4) is 0 Å². The van der Waals surface area contributed by atoms with Gasteiger partial charge in [0, 0.05) is 6.20 Å². The molecule has 0 aliphatic rings. The Kier molecular flexibility index (Phi) is 1.43. The lowest BCUT2D eigenvalue weighted by molar-refractivity contribution is 0.111. The number of aldehydes is 1. The lowest BCUT2D eigenvalue weighted by Crippen LogP contribution is -1.91. The molecular formula is C9H8N2O. The molecule has 3 nitrogen and oxygen atoms in total. The van der Waals surface area contributed by atoms with Crippen molar-refractivity contribution >= 4 is 11.8 Å². The number of rotatable bonds is 1. The van der Waals surface area contributed by atoms with Crippen LogP contribution in [0, 0.1) is 6.92 Å². The van der Waals surface area contributed by atoms with E-state index >= 15 is 0 Å². The van der Waals surface area contributed by atoms with Crippen molar-refractivity contribution in [3.05, 3.63) is 35.9 Å². The standard InChI is InChI=1S/C9H8N2O/c1-7-2-3-11-8(4-7)5-10-9(11)6-12/h2-6H,1H3. The second-order valence-electron chi connectivity index (χ2n) is 2.73. The molecule has 0 saturated carbocycles. The second-order valence-corrected chi connectivity index (χ2v) is 2.73. The summed E-state index contributed by atoms with van der Waals surface area (Å²) in [5.41, 5.74) is 2.12. The van der Waals surface area contributed by atoms with Gasteiger partial charge in [-0.05, 0) is 24.6 Å². The van der Waals surface area contributed by atoms with E-state index < -0.39 is 0 Å². The van der Waals surface area contributed by atoms with E-state index in [9.17, 15) is 4.79 Å². The Balaban J connectivity index is 2.81. The van der Waals surface area contributed by atoms with Gasteiger partial charge >= 0.3 is 0 Å². The van der Waals surface area contributed by atoms with E-state index in [1.807, 2.05) is 25.3 Å². The Morgan fingerprint density at radius 3 is 3.17 bits per heavy atom. The summed E-state index contributed by atoms with van der Waals surface area (Å²) in [6.45, 7) is 2.01. The van der Waals surface area contributed by atoms with Crippen LogP contribution in [0.15, 0.2) is 24.5 Å². The maximum Gasteiger partial charge on any atom is 0.185 e. The number of hydrogen-bond acceptors (Lipinski definition) is 2. The molecule has 12 heavy (non-hydrogen) atoms. The molecule has 0 spiro atoms. The molecule has 2 rings (SSSR count). The molecule has 0 aliphatic carbocycles. The Hall–Kier alpha value is -1.64. The minimum absolute atomic E-state index is 0.449. The highest BCUT2D eigenvalue weighted by atomic mass is 16.1. The number of carbonyl (C=O) groups excluding carboxylic acids is 1. The van der Waals surface area contributed by atoms with Gasteiger partial charge in [0.2, 0.25) is 0 Å². The van der Waals surface area contributed by atoms with Gasteiger partial charge < -0.3 is 0 Å². The van der Waals surface area contributed by atoms with Gasteiger partial charge in [-0.2, -0.15) is 0 Å². The molecule has 0 amide bonds. The summed E-state index contributed by atoms with van der Waals surface area (Å²) in [6.07, 6.45) is 4.29. The first-order valence-electron chi connectivity index (χ1n) is 3.70. The Bertz CT molecular complexity index is 431. The van der Waals surface area contributed by atoms with Gasteiger partial charge in [0.1, 0.15) is 0 Å². The fraction of sp³-hybridized carbons (Fsp3) is 0.111. The van der Waals surface area contributed by atoms with Gasteiger partial charge in [-0.1, -0.05) is 0 Å². The van der Waals surface area contributed by atoms with Crippen molar-refractivity contribution in [2.45, 2.75) is 6.92 Å². The van der Waals surface area contributed by atoms with Crippen molar-refractivity contribution in [1.82, 2.24) is 9.38 Å². The van der Waals surface area contributed by atoms with Crippen LogP contribution in [0.1, 0.15) is 16.2 Å². The Morgan fingerprint density at radius 1 is 1.58 bits per heavy atom. The Morgan fingerprint density at radius 2 is 2.42 bits per heavy atom. The van der Waals surface area contributed by atoms with Gasteiger partial charge in [-0.3, -0.25) is 9.20 Å². The number of fused-ring (bicyclic) bond motifs is 1. The number of aryl methyl sites for hydroxylation is 1. The number of carbonyl (C=O) groups is 1. The lowest BCUT2D eigenvalue weighted by atomic mass is 10.3. The van der Waals surface area contributed by atoms with E-state index in [1.54, 1.807) is 10.6 Å². The lowest BCUT2D eigenvalue weighted by Gasteiger charge is -1.95. The number of pyridine rings is 1. The molecule has 0 unspecified atom stereocenters. The summed E-state index contributed by atoms with van der Waals surface area (Å²) in [6, 6.07) is 3.93. The molecule has 0 bridgehead atoms. The number of imidazole rings is 1. The second kappa shape index (κ2) is 2.44. The smallest absolute Gasteiger partial charge is 0.185 e. The van der Waals surface area contributed by atoms with Gasteiger partial charge in [0.15, 0.2) is 12.1 Å². The molecule has 2 heterocycles. The molecule has 60 valence electrons. The van der Waals surface area contributed by atoms with Crippen LogP contribution in [0.3, 0.4) is 0 Å². The van der Waals surface area contributed by atoms with Crippen molar-refractivity contribution < 1.29 is 4.79 Å². The molecule has 0 aliphatic heterocycles. The van der Waals surface area contributed by atoms with Crippen LogP contribution >= 0.6 is 0 Å². The fourth-order valence-corrected chi connectivity index (χ4v) is 1.22. The molecule has 3 heteroatoms. The van der Waals surface area contributed by atoms with Gasteiger partial charge in [-0.25, -0.2) is 4.98 Å². The zero-order chi connectivity index (χ0) is 8.55. The van der Waals surface area contributed by atoms with Gasteiger partial charge in [0.25, 0.3) is 0 Å². The summed E-state index contributed by atoms with van der Waals surface area (Å²) in [5, 5.41) is 0. The largest absolute Gasteiger partial charge is 0.298 e. The van der Waals surface area contributed by atoms with Crippen LogP contribution in [0.2, 0.25) is 0 Å². The molecular weight excluding hydrogens is 152 g/mol. The zero-order valence-corrected chi connectivity index (χ0v) is 6.69. The molecule has 0 fully saturated rings. The first-order chi connectivity index (χ1) is 5.81. The number of hydrogen-bond donors (Lipinski definition) is 0. The van der Waals surface area contributed by atoms with E-state index in [4.69, 9.17) is 0 Å². The molecule has 2 aromatic heterocycles. The van der Waals surface area contributed by atoms with Crippen LogP contribution in [0.5, 0.6) is 0 Å². The molecule has 2 aromatic rings. The highest BCUT2D eigenvalue weighted by Gasteiger charge is 1.99. The molecule has 0 saturated heterocycles. The third-order valence-corrected chi connectivity index (χ3v) is 1.82. The highest BCUT2D eigenvalue weighted by Crippen LogP contribution is 2.07. The zero-order valence-electron chi connectivity index (χ0n) is 6.69. The minimum Gasteiger partial charge on any atom is -0.298 e. The summed E-state index contributed by atoms with van der Waals surface area (Å²) >= 11 is 0. The maximum absolute atomic E-state index is 10.5. The molecule has 0 N–H and O–H groups in total. The van der Waals surface area contributed by atoms with Crippen LogP contribution in [0.4, 0.5) is 0 Å². The van der Waals surface area contributed by atoms with E-state index in [0.717, 1.165) is 11.8 Å². The number of nitrogens with zero attached hydrogens (tertiary/aromatic N) is 2. The van der Waals surface area contributed by atoms with E-state index in [-0.39, 0.29) is 0 Å². The minimum atomic E-state index is 0.449. The topological polar surface area (TPSA) is 34.4 Å². The molecule has 0 aromatic carbocycles. The number of aromatic nitrogens is 2. The van der Waals surface area contributed by atoms with Crippen LogP contribution < -0.4 is 0 Å². The first-order valence-corrected chi connectivity index (χ1v) is 3.70. The Labute approximate surface area is 69.7 Å². The maximum atomic E-state index is 10.5. The van der Waals surface area contributed by atoms with E-state index in [1.165, 1.54) is 5.56 Å². The summed E-state index contributed by atoms with van der Waals surface area (Å²) < 4.78 is 1.76. The monoisotopic (exact) mass is 160 g/mol. The molecule has 0 radical (unpaired) electrons. The van der Waals surface area contributed by atoms with E-state index in [0.29, 0.717) is 5.82 Å². The quantitative estimate of drug-likeness (QED) is 0.592. The summed E-state index contributed by atoms with van der Waals surface area (Å²) in [4.78, 5) is 14.4. The average molecular weight is 160 g/mol. The van der Waals surface area contributed by atoms with Crippen molar-refractivity contribution in [2.24, 2.45) is 0 Å².